The van der Waals surface area contributed by atoms with Gasteiger partial charge in [-0.3, -0.25) is 5.41 Å². The third-order valence-electron chi connectivity index (χ3n) is 0.548. The van der Waals surface area contributed by atoms with E-state index in [4.69, 9.17) is 5.41 Å². The smallest absolute Gasteiger partial charge is 0.137 e. The van der Waals surface area contributed by atoms with Crippen LogP contribution in [0.15, 0.2) is 16.9 Å². The average Bonchev–Trinajstić information content (AvgIpc) is 1.83. The van der Waals surface area contributed by atoms with Crippen molar-refractivity contribution in [2.75, 3.05) is 0 Å². The molecule has 0 spiro atoms. The van der Waals surface area contributed by atoms with Gasteiger partial charge in [0.25, 0.3) is 0 Å². The molecule has 3 heteroatoms. The molecular formula is C5H7FN2. The number of halogens is 1. The van der Waals surface area contributed by atoms with Gasteiger partial charge in [-0.1, -0.05) is 6.08 Å². The number of nitrogens with one attached hydrogen (secondary N) is 1. The molecule has 0 rings (SSSR count). The second kappa shape index (κ2) is 4.18. The number of allylic oxidation sites excluding steroid dienone is 2. The van der Waals surface area contributed by atoms with Crippen molar-refractivity contribution in [2.24, 2.45) is 4.99 Å². The van der Waals surface area contributed by atoms with Gasteiger partial charge in [0.15, 0.2) is 0 Å². The van der Waals surface area contributed by atoms with Gasteiger partial charge in [-0.2, -0.15) is 0 Å². The van der Waals surface area contributed by atoms with E-state index in [0.29, 0.717) is 0 Å². The molecule has 1 N–H and O–H groups in total. The highest BCUT2D eigenvalue weighted by molar-refractivity contribution is 5.81. The van der Waals surface area contributed by atoms with Crippen molar-refractivity contribution >= 4 is 12.6 Å². The first-order valence-corrected chi connectivity index (χ1v) is 2.15. The van der Waals surface area contributed by atoms with Gasteiger partial charge in [0, 0.05) is 0 Å². The molecule has 0 unspecified atom stereocenters. The molecule has 0 atom stereocenters. The van der Waals surface area contributed by atoms with Crippen LogP contribution in [0.2, 0.25) is 0 Å². The van der Waals surface area contributed by atoms with Crippen molar-refractivity contribution < 1.29 is 4.39 Å². The third-order valence-corrected chi connectivity index (χ3v) is 0.548. The molecule has 0 aromatic heterocycles. The van der Waals surface area contributed by atoms with Crippen LogP contribution in [-0.2, 0) is 0 Å². The van der Waals surface area contributed by atoms with Crippen molar-refractivity contribution in [3.63, 3.8) is 0 Å². The van der Waals surface area contributed by atoms with Gasteiger partial charge in [-0.05, 0) is 6.92 Å². The summed E-state index contributed by atoms with van der Waals surface area (Å²) < 4.78 is 11.9. The van der Waals surface area contributed by atoms with Gasteiger partial charge in [0.05, 0.1) is 6.21 Å². The first-order valence-electron chi connectivity index (χ1n) is 2.15. The Kier molecular flexibility index (Phi) is 3.66. The highest BCUT2D eigenvalue weighted by Crippen LogP contribution is 1.87. The summed E-state index contributed by atoms with van der Waals surface area (Å²) in [5.41, 5.74) is 0. The minimum Gasteiger partial charge on any atom is -0.290 e. The van der Waals surface area contributed by atoms with E-state index in [1.165, 1.54) is 6.08 Å². The van der Waals surface area contributed by atoms with Crippen LogP contribution in [0.5, 0.6) is 0 Å². The summed E-state index contributed by atoms with van der Waals surface area (Å²) in [4.78, 5) is 3.22. The molecule has 2 nitrogen and oxygen atoms in total. The minimum absolute atomic E-state index is 0.423. The lowest BCUT2D eigenvalue weighted by Gasteiger charge is -1.76. The molecule has 0 heterocycles. The van der Waals surface area contributed by atoms with E-state index in [1.54, 1.807) is 6.92 Å². The third kappa shape index (κ3) is 3.21. The lowest BCUT2D eigenvalue weighted by Crippen LogP contribution is -1.72. The van der Waals surface area contributed by atoms with Gasteiger partial charge < -0.3 is 0 Å². The zero-order chi connectivity index (χ0) is 6.41. The highest BCUT2D eigenvalue weighted by atomic mass is 19.1. The Balaban J connectivity index is 3.69. The molecule has 0 bridgehead atoms. The molecule has 0 aliphatic heterocycles. The quantitative estimate of drug-likeness (QED) is 0.417. The van der Waals surface area contributed by atoms with Crippen molar-refractivity contribution in [3.05, 3.63) is 11.9 Å². The fourth-order valence-corrected chi connectivity index (χ4v) is 0.183. The van der Waals surface area contributed by atoms with Crippen LogP contribution < -0.4 is 0 Å². The maximum absolute atomic E-state index is 11.9. The van der Waals surface area contributed by atoms with Crippen LogP contribution in [-0.4, -0.2) is 12.6 Å². The van der Waals surface area contributed by atoms with Gasteiger partial charge in [-0.15, -0.1) is 0 Å². The van der Waals surface area contributed by atoms with Crippen LogP contribution in [0, 0.1) is 5.41 Å². The normalized spacial score (nSPS) is 12.5. The van der Waals surface area contributed by atoms with Crippen LogP contribution in [0.4, 0.5) is 4.39 Å². The molecule has 0 fully saturated rings. The predicted octanol–water partition coefficient (Wildman–Crippen LogP) is 1.54. The van der Waals surface area contributed by atoms with Gasteiger partial charge >= 0.3 is 0 Å². The molecule has 0 amide bonds. The van der Waals surface area contributed by atoms with E-state index >= 15 is 0 Å². The van der Waals surface area contributed by atoms with Crippen LogP contribution in [0.1, 0.15) is 6.92 Å². The topological polar surface area (TPSA) is 36.2 Å². The summed E-state index contributed by atoms with van der Waals surface area (Å²) in [6.45, 7) is 1.56. The number of hydrogen-bond acceptors (Lipinski definition) is 1. The van der Waals surface area contributed by atoms with E-state index in [2.05, 4.69) is 4.99 Å². The SMILES string of the molecule is C/C=C(F)\C=N/C=N. The van der Waals surface area contributed by atoms with E-state index in [0.717, 1.165) is 12.6 Å². The largest absolute Gasteiger partial charge is 0.290 e. The van der Waals surface area contributed by atoms with Gasteiger partial charge in [0.1, 0.15) is 12.2 Å². The molecule has 44 valence electrons. The monoisotopic (exact) mass is 114 g/mol. The van der Waals surface area contributed by atoms with Crippen molar-refractivity contribution in [1.29, 1.82) is 5.41 Å². The van der Waals surface area contributed by atoms with Crippen molar-refractivity contribution in [2.45, 2.75) is 6.92 Å². The first kappa shape index (κ1) is 7.01. The zero-order valence-electron chi connectivity index (χ0n) is 4.56. The first-order chi connectivity index (χ1) is 3.81. The Labute approximate surface area is 47.3 Å². The molecule has 0 aromatic carbocycles. The second-order valence-corrected chi connectivity index (χ2v) is 1.08. The van der Waals surface area contributed by atoms with E-state index < -0.39 is 5.83 Å². The average molecular weight is 114 g/mol. The molecule has 0 aliphatic carbocycles. The summed E-state index contributed by atoms with van der Waals surface area (Å²) in [5, 5.41) is 6.35. The fourth-order valence-electron chi connectivity index (χ4n) is 0.183. The van der Waals surface area contributed by atoms with Crippen molar-refractivity contribution in [3.8, 4) is 0 Å². The van der Waals surface area contributed by atoms with Crippen LogP contribution in [0.3, 0.4) is 0 Å². The summed E-state index contributed by atoms with van der Waals surface area (Å²) >= 11 is 0. The Bertz CT molecular complexity index is 126. The Hall–Kier alpha value is -0.990. The van der Waals surface area contributed by atoms with Crippen LogP contribution >= 0.6 is 0 Å². The lowest BCUT2D eigenvalue weighted by molar-refractivity contribution is 0.684. The maximum atomic E-state index is 11.9. The summed E-state index contributed by atoms with van der Waals surface area (Å²) in [7, 11) is 0. The standard InChI is InChI=1S/C5H7FN2/c1-2-5(6)3-8-4-7/h2-4,7H,1H3/b5-2+,7-4?,8-3-. The summed E-state index contributed by atoms with van der Waals surface area (Å²) in [6, 6.07) is 0. The number of aliphatic imine (C=N–C) groups is 1. The highest BCUT2D eigenvalue weighted by Gasteiger charge is 1.78. The number of hydrogen-bond donors (Lipinski definition) is 1. The Morgan fingerprint density at radius 1 is 1.75 bits per heavy atom. The molecule has 8 heavy (non-hydrogen) atoms. The van der Waals surface area contributed by atoms with Crippen LogP contribution in [0.25, 0.3) is 0 Å². The zero-order valence-corrected chi connectivity index (χ0v) is 4.56. The van der Waals surface area contributed by atoms with Gasteiger partial charge in [0.2, 0.25) is 0 Å². The molecule has 0 aliphatic rings. The molecular weight excluding hydrogens is 107 g/mol. The van der Waals surface area contributed by atoms with Crippen molar-refractivity contribution in [1.82, 2.24) is 0 Å². The second-order valence-electron chi connectivity index (χ2n) is 1.08. The number of rotatable bonds is 2. The van der Waals surface area contributed by atoms with Gasteiger partial charge in [-0.25, -0.2) is 9.38 Å². The molecule has 0 radical (unpaired) electrons. The van der Waals surface area contributed by atoms with E-state index in [1.807, 2.05) is 0 Å². The molecule has 0 aromatic rings. The Morgan fingerprint density at radius 2 is 2.38 bits per heavy atom. The summed E-state index contributed by atoms with van der Waals surface area (Å²) in [5.74, 6) is -0.423. The Morgan fingerprint density at radius 3 is 2.75 bits per heavy atom. The van der Waals surface area contributed by atoms with E-state index in [9.17, 15) is 4.39 Å². The maximum Gasteiger partial charge on any atom is 0.137 e. The lowest BCUT2D eigenvalue weighted by atomic mass is 10.5. The predicted molar refractivity (Wildman–Crippen MR) is 32.1 cm³/mol. The number of nitrogens with zero attached hydrogens (tertiary/aromatic N) is 1. The molecule has 0 saturated heterocycles. The molecule has 0 saturated carbocycles. The minimum atomic E-state index is -0.423. The van der Waals surface area contributed by atoms with E-state index in [-0.39, 0.29) is 0 Å². The summed E-state index contributed by atoms with van der Waals surface area (Å²) in [6.07, 6.45) is 3.03. The fraction of sp³-hybridized carbons (Fsp3) is 0.200.